The van der Waals surface area contributed by atoms with Crippen molar-refractivity contribution in [2.75, 3.05) is 6.61 Å². The number of nitro groups is 1. The average molecular weight is 373 g/mol. The van der Waals surface area contributed by atoms with Crippen molar-refractivity contribution >= 4 is 34.2 Å². The van der Waals surface area contributed by atoms with Gasteiger partial charge in [0.05, 0.1) is 17.0 Å². The SMILES string of the molecule is CCOC(=O)c1cn(C2CC2)c2c(Cl)c(F)c(F)c([N+](=O)[O-])c2c1=O. The number of pyridine rings is 1. The van der Waals surface area contributed by atoms with Gasteiger partial charge in [-0.05, 0) is 19.8 Å². The molecule has 10 heteroatoms. The molecule has 1 aliphatic carbocycles. The zero-order valence-electron chi connectivity index (χ0n) is 12.8. The van der Waals surface area contributed by atoms with E-state index < -0.39 is 49.6 Å². The molecule has 2 aromatic rings. The van der Waals surface area contributed by atoms with Crippen molar-refractivity contribution in [3.8, 4) is 0 Å². The Balaban J connectivity index is 2.53. The molecule has 0 spiro atoms. The lowest BCUT2D eigenvalue weighted by molar-refractivity contribution is -0.386. The number of carbonyl (C=O) groups is 1. The van der Waals surface area contributed by atoms with Crippen LogP contribution in [0.1, 0.15) is 36.2 Å². The highest BCUT2D eigenvalue weighted by molar-refractivity contribution is 6.35. The first-order valence-electron chi connectivity index (χ1n) is 7.36. The smallest absolute Gasteiger partial charge is 0.343 e. The highest BCUT2D eigenvalue weighted by atomic mass is 35.5. The third-order valence-corrected chi connectivity index (χ3v) is 4.24. The summed E-state index contributed by atoms with van der Waals surface area (Å²) in [6.07, 6.45) is 2.42. The minimum absolute atomic E-state index is 0.0274. The van der Waals surface area contributed by atoms with Crippen molar-refractivity contribution in [2.24, 2.45) is 0 Å². The number of hydrogen-bond acceptors (Lipinski definition) is 5. The van der Waals surface area contributed by atoms with E-state index in [1.54, 1.807) is 0 Å². The van der Waals surface area contributed by atoms with E-state index in [2.05, 4.69) is 0 Å². The van der Waals surface area contributed by atoms with Gasteiger partial charge in [0.1, 0.15) is 16.0 Å². The highest BCUT2D eigenvalue weighted by Gasteiger charge is 2.35. The minimum Gasteiger partial charge on any atom is -0.462 e. The highest BCUT2D eigenvalue weighted by Crippen LogP contribution is 2.42. The van der Waals surface area contributed by atoms with Gasteiger partial charge in [-0.2, -0.15) is 4.39 Å². The number of aromatic nitrogens is 1. The van der Waals surface area contributed by atoms with Crippen LogP contribution in [0.2, 0.25) is 5.02 Å². The summed E-state index contributed by atoms with van der Waals surface area (Å²) in [5.74, 6) is -4.46. The number of rotatable bonds is 4. The Morgan fingerprint density at radius 1 is 1.44 bits per heavy atom. The van der Waals surface area contributed by atoms with Crippen LogP contribution in [0.5, 0.6) is 0 Å². The van der Waals surface area contributed by atoms with E-state index in [4.69, 9.17) is 16.3 Å². The molecule has 1 aromatic carbocycles. The topological polar surface area (TPSA) is 91.4 Å². The summed E-state index contributed by atoms with van der Waals surface area (Å²) in [6, 6.07) is -0.224. The number of esters is 1. The molecule has 0 saturated heterocycles. The third kappa shape index (κ3) is 2.64. The van der Waals surface area contributed by atoms with E-state index in [9.17, 15) is 28.5 Å². The summed E-state index contributed by atoms with van der Waals surface area (Å²) in [6.45, 7) is 1.49. The van der Waals surface area contributed by atoms with E-state index in [1.165, 1.54) is 11.5 Å². The van der Waals surface area contributed by atoms with Gasteiger partial charge in [0.25, 0.3) is 0 Å². The maximum Gasteiger partial charge on any atom is 0.343 e. The standard InChI is InChI=1S/C15H11ClF2N2O5/c1-2-25-15(22)7-5-19(6-3-4-6)12-8(14(7)21)13(20(23)24)11(18)10(17)9(12)16/h5-6H,2-4H2,1H3. The van der Waals surface area contributed by atoms with Gasteiger partial charge in [-0.1, -0.05) is 11.6 Å². The van der Waals surface area contributed by atoms with Gasteiger partial charge in [0, 0.05) is 12.2 Å². The zero-order valence-corrected chi connectivity index (χ0v) is 13.6. The molecule has 7 nitrogen and oxygen atoms in total. The molecule has 132 valence electrons. The fourth-order valence-electron chi connectivity index (χ4n) is 2.66. The minimum atomic E-state index is -1.84. The van der Waals surface area contributed by atoms with Crippen LogP contribution in [-0.2, 0) is 4.74 Å². The largest absolute Gasteiger partial charge is 0.462 e. The molecule has 0 N–H and O–H groups in total. The van der Waals surface area contributed by atoms with Crippen molar-refractivity contribution in [1.82, 2.24) is 4.57 Å². The van der Waals surface area contributed by atoms with Crippen molar-refractivity contribution in [1.29, 1.82) is 0 Å². The Kier molecular flexibility index (Phi) is 4.19. The predicted octanol–water partition coefficient (Wildman–Crippen LogP) is 3.35. The number of nitro benzene ring substituents is 1. The van der Waals surface area contributed by atoms with Crippen LogP contribution in [0, 0.1) is 21.7 Å². The molecule has 1 aliphatic rings. The van der Waals surface area contributed by atoms with E-state index in [-0.39, 0.29) is 18.2 Å². The molecule has 25 heavy (non-hydrogen) atoms. The van der Waals surface area contributed by atoms with Crippen molar-refractivity contribution in [3.05, 3.63) is 48.8 Å². The van der Waals surface area contributed by atoms with Crippen LogP contribution in [0.4, 0.5) is 14.5 Å². The monoisotopic (exact) mass is 372 g/mol. The van der Waals surface area contributed by atoms with Gasteiger partial charge >= 0.3 is 11.7 Å². The quantitative estimate of drug-likeness (QED) is 0.355. The molecular formula is C15H11ClF2N2O5. The Labute approximate surface area is 143 Å². The van der Waals surface area contributed by atoms with Crippen molar-refractivity contribution < 1.29 is 23.2 Å². The number of nitrogens with zero attached hydrogens (tertiary/aromatic N) is 2. The van der Waals surface area contributed by atoms with Gasteiger partial charge in [0.15, 0.2) is 5.82 Å². The first-order valence-corrected chi connectivity index (χ1v) is 7.74. The molecule has 1 heterocycles. The summed E-state index contributed by atoms with van der Waals surface area (Å²) < 4.78 is 34.2. The summed E-state index contributed by atoms with van der Waals surface area (Å²) >= 11 is 5.84. The fraction of sp³-hybridized carbons (Fsp3) is 0.333. The van der Waals surface area contributed by atoms with Gasteiger partial charge < -0.3 is 9.30 Å². The molecule has 0 atom stereocenters. The summed E-state index contributed by atoms with van der Waals surface area (Å²) in [4.78, 5) is 34.7. The second-order valence-corrected chi connectivity index (χ2v) is 5.88. The van der Waals surface area contributed by atoms with Crippen molar-refractivity contribution in [3.63, 3.8) is 0 Å². The maximum atomic E-state index is 14.1. The number of fused-ring (bicyclic) bond motifs is 1. The second-order valence-electron chi connectivity index (χ2n) is 5.50. The Morgan fingerprint density at radius 2 is 2.08 bits per heavy atom. The van der Waals surface area contributed by atoms with Gasteiger partial charge in [0.2, 0.25) is 11.2 Å². The molecular weight excluding hydrogens is 362 g/mol. The predicted molar refractivity (Wildman–Crippen MR) is 84.0 cm³/mol. The number of benzene rings is 1. The summed E-state index contributed by atoms with van der Waals surface area (Å²) in [5.41, 5.74) is -3.26. The third-order valence-electron chi connectivity index (χ3n) is 3.89. The molecule has 1 aromatic heterocycles. The Bertz CT molecular complexity index is 985. The van der Waals surface area contributed by atoms with Crippen LogP contribution in [0.25, 0.3) is 10.9 Å². The van der Waals surface area contributed by atoms with Gasteiger partial charge in [-0.15, -0.1) is 0 Å². The van der Waals surface area contributed by atoms with Crippen LogP contribution >= 0.6 is 11.6 Å². The Morgan fingerprint density at radius 3 is 2.60 bits per heavy atom. The lowest BCUT2D eigenvalue weighted by Gasteiger charge is -2.14. The van der Waals surface area contributed by atoms with E-state index in [1.807, 2.05) is 0 Å². The first kappa shape index (κ1) is 17.3. The van der Waals surface area contributed by atoms with Gasteiger partial charge in [-0.3, -0.25) is 14.9 Å². The zero-order chi connectivity index (χ0) is 18.5. The van der Waals surface area contributed by atoms with E-state index in [0.717, 1.165) is 6.20 Å². The maximum absolute atomic E-state index is 14.1. The van der Waals surface area contributed by atoms with E-state index >= 15 is 0 Å². The van der Waals surface area contributed by atoms with Crippen LogP contribution in [0.15, 0.2) is 11.0 Å². The molecule has 0 amide bonds. The van der Waals surface area contributed by atoms with Crippen molar-refractivity contribution in [2.45, 2.75) is 25.8 Å². The molecule has 0 aliphatic heterocycles. The molecule has 3 rings (SSSR count). The molecule has 0 unspecified atom stereocenters. The van der Waals surface area contributed by atoms with Crippen LogP contribution < -0.4 is 5.43 Å². The number of carbonyl (C=O) groups excluding carboxylic acids is 1. The summed E-state index contributed by atoms with van der Waals surface area (Å²) in [5, 5.41) is 9.76. The number of halogens is 3. The fourth-order valence-corrected chi connectivity index (χ4v) is 2.93. The summed E-state index contributed by atoms with van der Waals surface area (Å²) in [7, 11) is 0. The normalized spacial score (nSPS) is 13.9. The molecule has 0 bridgehead atoms. The average Bonchev–Trinajstić information content (AvgIpc) is 3.38. The lowest BCUT2D eigenvalue weighted by Crippen LogP contribution is -2.22. The van der Waals surface area contributed by atoms with E-state index in [0.29, 0.717) is 12.8 Å². The molecule has 1 fully saturated rings. The molecule has 0 radical (unpaired) electrons. The lowest BCUT2D eigenvalue weighted by atomic mass is 10.1. The number of ether oxygens (including phenoxy) is 1. The van der Waals surface area contributed by atoms with Gasteiger partial charge in [-0.25, -0.2) is 9.18 Å². The Hall–Kier alpha value is -2.55. The first-order chi connectivity index (χ1) is 11.8. The second kappa shape index (κ2) is 6.07. The molecule has 1 saturated carbocycles. The van der Waals surface area contributed by atoms with Crippen LogP contribution in [-0.4, -0.2) is 22.1 Å². The van der Waals surface area contributed by atoms with Crippen LogP contribution in [0.3, 0.4) is 0 Å². The number of hydrogen-bond donors (Lipinski definition) is 0.